The minimum absolute atomic E-state index is 0.110. The Morgan fingerprint density at radius 2 is 2.11 bits per heavy atom. The topological polar surface area (TPSA) is 55.4 Å². The van der Waals surface area contributed by atoms with E-state index >= 15 is 0 Å². The minimum atomic E-state index is -3.29. The van der Waals surface area contributed by atoms with Gasteiger partial charge in [-0.1, -0.05) is 18.6 Å². The van der Waals surface area contributed by atoms with E-state index in [0.717, 1.165) is 31.4 Å². The third-order valence-corrected chi connectivity index (χ3v) is 4.46. The Labute approximate surface area is 108 Å². The lowest BCUT2D eigenvalue weighted by Crippen LogP contribution is -2.28. The number of rotatable bonds is 3. The summed E-state index contributed by atoms with van der Waals surface area (Å²) in [5, 5.41) is 3.38. The Hall–Kier alpha value is -1.07. The summed E-state index contributed by atoms with van der Waals surface area (Å²) in [5.41, 5.74) is 0.830. The largest absolute Gasteiger partial charge is 0.495 e. The summed E-state index contributed by atoms with van der Waals surface area (Å²) in [4.78, 5) is 0.326. The first-order chi connectivity index (χ1) is 8.54. The van der Waals surface area contributed by atoms with Gasteiger partial charge in [0.05, 0.1) is 7.11 Å². The molecule has 1 heterocycles. The van der Waals surface area contributed by atoms with Crippen LogP contribution in [0.5, 0.6) is 5.75 Å². The van der Waals surface area contributed by atoms with E-state index in [1.807, 2.05) is 12.1 Å². The highest BCUT2D eigenvalue weighted by Gasteiger charge is 2.25. The van der Waals surface area contributed by atoms with E-state index < -0.39 is 9.84 Å². The molecule has 1 aromatic rings. The molecular formula is C13H19NO3S. The van der Waals surface area contributed by atoms with Crippen LogP contribution in [0.2, 0.25) is 0 Å². The highest BCUT2D eigenvalue weighted by molar-refractivity contribution is 7.90. The number of piperidine rings is 1. The lowest BCUT2D eigenvalue weighted by molar-refractivity contribution is 0.385. The summed E-state index contributed by atoms with van der Waals surface area (Å²) in [6.45, 7) is 0.936. The van der Waals surface area contributed by atoms with Crippen LogP contribution in [0.1, 0.15) is 30.9 Å². The zero-order valence-corrected chi connectivity index (χ0v) is 11.6. The Morgan fingerprint density at radius 1 is 1.33 bits per heavy atom. The van der Waals surface area contributed by atoms with Crippen molar-refractivity contribution in [2.45, 2.75) is 30.2 Å². The summed E-state index contributed by atoms with van der Waals surface area (Å²) in [5.74, 6) is 0.433. The van der Waals surface area contributed by atoms with Crippen molar-refractivity contribution in [3.63, 3.8) is 0 Å². The summed E-state index contributed by atoms with van der Waals surface area (Å²) in [7, 11) is -1.79. The zero-order chi connectivity index (χ0) is 13.2. The van der Waals surface area contributed by atoms with Gasteiger partial charge in [0.25, 0.3) is 0 Å². The highest BCUT2D eigenvalue weighted by Crippen LogP contribution is 2.34. The van der Waals surface area contributed by atoms with E-state index in [0.29, 0.717) is 10.6 Å². The van der Waals surface area contributed by atoms with Crippen molar-refractivity contribution in [3.8, 4) is 5.75 Å². The van der Waals surface area contributed by atoms with E-state index in [1.165, 1.54) is 13.4 Å². The van der Waals surface area contributed by atoms with Gasteiger partial charge < -0.3 is 10.1 Å². The van der Waals surface area contributed by atoms with Gasteiger partial charge in [-0.25, -0.2) is 8.42 Å². The van der Waals surface area contributed by atoms with Gasteiger partial charge in [-0.3, -0.25) is 0 Å². The maximum Gasteiger partial charge on any atom is 0.179 e. The van der Waals surface area contributed by atoms with Crippen LogP contribution in [0, 0.1) is 0 Å². The monoisotopic (exact) mass is 269 g/mol. The maximum absolute atomic E-state index is 12.0. The molecule has 100 valence electrons. The molecule has 0 aliphatic carbocycles. The van der Waals surface area contributed by atoms with Crippen LogP contribution in [0.15, 0.2) is 23.1 Å². The molecule has 4 nitrogen and oxygen atoms in total. The molecule has 1 aromatic carbocycles. The van der Waals surface area contributed by atoms with Crippen molar-refractivity contribution in [1.29, 1.82) is 0 Å². The van der Waals surface area contributed by atoms with Crippen LogP contribution in [0.3, 0.4) is 0 Å². The van der Waals surface area contributed by atoms with Crippen LogP contribution >= 0.6 is 0 Å². The molecule has 0 radical (unpaired) electrons. The number of ether oxygens (including phenoxy) is 1. The van der Waals surface area contributed by atoms with E-state index in [-0.39, 0.29) is 6.04 Å². The second kappa shape index (κ2) is 5.28. The van der Waals surface area contributed by atoms with Crippen molar-refractivity contribution < 1.29 is 13.2 Å². The average molecular weight is 269 g/mol. The summed E-state index contributed by atoms with van der Waals surface area (Å²) in [6, 6.07) is 5.53. The van der Waals surface area contributed by atoms with E-state index in [2.05, 4.69) is 5.32 Å². The molecular weight excluding hydrogens is 250 g/mol. The first-order valence-electron chi connectivity index (χ1n) is 6.14. The third-order valence-electron chi connectivity index (χ3n) is 3.29. The second-order valence-electron chi connectivity index (χ2n) is 4.65. The number of sulfone groups is 1. The molecule has 1 aliphatic rings. The molecule has 0 amide bonds. The normalized spacial score (nSPS) is 20.7. The van der Waals surface area contributed by atoms with Gasteiger partial charge in [0, 0.05) is 12.3 Å². The average Bonchev–Trinajstić information content (AvgIpc) is 2.38. The zero-order valence-electron chi connectivity index (χ0n) is 10.8. The van der Waals surface area contributed by atoms with E-state index in [4.69, 9.17) is 4.74 Å². The van der Waals surface area contributed by atoms with Crippen molar-refractivity contribution in [3.05, 3.63) is 23.8 Å². The SMILES string of the molecule is COc1cccc(C2CCCCN2)c1S(C)(=O)=O. The molecule has 0 bridgehead atoms. The summed E-state index contributed by atoms with van der Waals surface area (Å²) >= 11 is 0. The summed E-state index contributed by atoms with van der Waals surface area (Å²) in [6.07, 6.45) is 4.47. The van der Waals surface area contributed by atoms with Crippen molar-refractivity contribution >= 4 is 9.84 Å². The number of methoxy groups -OCH3 is 1. The Balaban J connectivity index is 2.52. The number of nitrogens with one attached hydrogen (secondary N) is 1. The van der Waals surface area contributed by atoms with Crippen molar-refractivity contribution in [2.75, 3.05) is 19.9 Å². The predicted molar refractivity (Wildman–Crippen MR) is 70.7 cm³/mol. The Kier molecular flexibility index (Phi) is 3.92. The Bertz CT molecular complexity index is 519. The molecule has 1 fully saturated rings. The fraction of sp³-hybridized carbons (Fsp3) is 0.538. The van der Waals surface area contributed by atoms with Gasteiger partial charge in [0.2, 0.25) is 0 Å². The van der Waals surface area contributed by atoms with Crippen LogP contribution < -0.4 is 10.1 Å². The standard InChI is InChI=1S/C13H19NO3S/c1-17-12-8-5-6-10(13(12)18(2,15)16)11-7-3-4-9-14-11/h5-6,8,11,14H,3-4,7,9H2,1-2H3. The molecule has 5 heteroatoms. The molecule has 1 saturated heterocycles. The van der Waals surface area contributed by atoms with Crippen molar-refractivity contribution in [2.24, 2.45) is 0 Å². The molecule has 0 spiro atoms. The van der Waals surface area contributed by atoms with Crippen molar-refractivity contribution in [1.82, 2.24) is 5.32 Å². The number of hydrogen-bond acceptors (Lipinski definition) is 4. The molecule has 1 aliphatic heterocycles. The first kappa shape index (κ1) is 13.4. The molecule has 0 aromatic heterocycles. The van der Waals surface area contributed by atoms with Gasteiger partial charge in [-0.05, 0) is 31.0 Å². The molecule has 2 rings (SSSR count). The van der Waals surface area contributed by atoms with Gasteiger partial charge in [0.1, 0.15) is 10.6 Å². The fourth-order valence-corrected chi connectivity index (χ4v) is 3.64. The quantitative estimate of drug-likeness (QED) is 0.910. The number of benzene rings is 1. The van der Waals surface area contributed by atoms with E-state index in [9.17, 15) is 8.42 Å². The van der Waals surface area contributed by atoms with Crippen LogP contribution in [-0.4, -0.2) is 28.3 Å². The molecule has 0 saturated carbocycles. The minimum Gasteiger partial charge on any atom is -0.495 e. The van der Waals surface area contributed by atoms with Crippen LogP contribution in [0.25, 0.3) is 0 Å². The smallest absolute Gasteiger partial charge is 0.179 e. The van der Waals surface area contributed by atoms with E-state index in [1.54, 1.807) is 6.07 Å². The van der Waals surface area contributed by atoms with Gasteiger partial charge >= 0.3 is 0 Å². The molecule has 1 unspecified atom stereocenters. The summed E-state index contributed by atoms with van der Waals surface area (Å²) < 4.78 is 29.1. The predicted octanol–water partition coefficient (Wildman–Crippen LogP) is 1.91. The third kappa shape index (κ3) is 2.67. The van der Waals surface area contributed by atoms with Gasteiger partial charge in [-0.15, -0.1) is 0 Å². The first-order valence-corrected chi connectivity index (χ1v) is 8.03. The molecule has 18 heavy (non-hydrogen) atoms. The lowest BCUT2D eigenvalue weighted by Gasteiger charge is -2.26. The number of hydrogen-bond donors (Lipinski definition) is 1. The van der Waals surface area contributed by atoms with Gasteiger partial charge in [0.15, 0.2) is 9.84 Å². The molecule has 1 atom stereocenters. The Morgan fingerprint density at radius 3 is 2.67 bits per heavy atom. The molecule has 1 N–H and O–H groups in total. The highest BCUT2D eigenvalue weighted by atomic mass is 32.2. The van der Waals surface area contributed by atoms with Gasteiger partial charge in [-0.2, -0.15) is 0 Å². The van der Waals surface area contributed by atoms with Crippen LogP contribution in [0.4, 0.5) is 0 Å². The lowest BCUT2D eigenvalue weighted by atomic mass is 9.97. The fourth-order valence-electron chi connectivity index (χ4n) is 2.48. The maximum atomic E-state index is 12.0. The second-order valence-corrected chi connectivity index (χ2v) is 6.61. The van der Waals surface area contributed by atoms with Crippen LogP contribution in [-0.2, 0) is 9.84 Å².